The highest BCUT2D eigenvalue weighted by Crippen LogP contribution is 2.33. The number of fused-ring (bicyclic) bond motifs is 1. The Balaban J connectivity index is 1.54. The van der Waals surface area contributed by atoms with Gasteiger partial charge in [0.25, 0.3) is 5.56 Å². The van der Waals surface area contributed by atoms with Crippen LogP contribution in [-0.2, 0) is 11.3 Å². The lowest BCUT2D eigenvalue weighted by Crippen LogP contribution is -2.28. The molecule has 1 heterocycles. The van der Waals surface area contributed by atoms with Crippen LogP contribution in [0, 0.1) is 5.82 Å². The maximum absolute atomic E-state index is 13.3. The number of hydrogen-bond donors (Lipinski definition) is 1. The van der Waals surface area contributed by atoms with Crippen LogP contribution < -0.4 is 10.9 Å². The van der Waals surface area contributed by atoms with Crippen molar-refractivity contribution in [3.63, 3.8) is 0 Å². The van der Waals surface area contributed by atoms with Crippen molar-refractivity contribution in [3.8, 4) is 0 Å². The lowest BCUT2D eigenvalue weighted by molar-refractivity contribution is -0.116. The van der Waals surface area contributed by atoms with Crippen molar-refractivity contribution in [3.05, 3.63) is 95.3 Å². The Hall–Kier alpha value is -3.45. The smallest absolute Gasteiger partial charge is 0.261 e. The van der Waals surface area contributed by atoms with Gasteiger partial charge in [-0.1, -0.05) is 42.1 Å². The Labute approximate surface area is 170 Å². The zero-order valence-corrected chi connectivity index (χ0v) is 16.0. The van der Waals surface area contributed by atoms with Gasteiger partial charge in [0, 0.05) is 15.9 Å². The number of carbonyl (C=O) groups excluding carboxylic acids is 1. The standard InChI is InChI=1S/C22H16FN3O2S/c23-15-10-11-17-19(12-15)24-14-26(22(17)28)13-21(27)25-18-8-4-5-9-20(18)29-16-6-2-1-3-7-16/h1-12,14H,13H2,(H,25,27). The third kappa shape index (κ3) is 4.35. The van der Waals surface area contributed by atoms with Gasteiger partial charge in [-0.05, 0) is 36.4 Å². The predicted octanol–water partition coefficient (Wildman–Crippen LogP) is 4.33. The molecule has 0 spiro atoms. The van der Waals surface area contributed by atoms with Crippen molar-refractivity contribution in [1.82, 2.24) is 9.55 Å². The maximum atomic E-state index is 13.3. The first-order valence-corrected chi connectivity index (χ1v) is 9.68. The molecule has 1 amide bonds. The van der Waals surface area contributed by atoms with E-state index in [4.69, 9.17) is 0 Å². The van der Waals surface area contributed by atoms with Crippen molar-refractivity contribution in [2.75, 3.05) is 5.32 Å². The summed E-state index contributed by atoms with van der Waals surface area (Å²) in [6, 6.07) is 21.1. The fraction of sp³-hybridized carbons (Fsp3) is 0.0455. The van der Waals surface area contributed by atoms with Crippen LogP contribution in [0.5, 0.6) is 0 Å². The number of anilines is 1. The molecule has 0 atom stereocenters. The highest BCUT2D eigenvalue weighted by atomic mass is 32.2. The topological polar surface area (TPSA) is 64.0 Å². The number of halogens is 1. The van der Waals surface area contributed by atoms with Gasteiger partial charge in [-0.25, -0.2) is 9.37 Å². The molecule has 144 valence electrons. The molecule has 0 saturated heterocycles. The van der Waals surface area contributed by atoms with Gasteiger partial charge in [-0.2, -0.15) is 0 Å². The van der Waals surface area contributed by atoms with E-state index < -0.39 is 11.4 Å². The van der Waals surface area contributed by atoms with Crippen LogP contribution in [0.4, 0.5) is 10.1 Å². The summed E-state index contributed by atoms with van der Waals surface area (Å²) in [4.78, 5) is 31.1. The van der Waals surface area contributed by atoms with Gasteiger partial charge in [0.05, 0.1) is 22.9 Å². The number of aromatic nitrogens is 2. The molecular formula is C22H16FN3O2S. The first-order valence-electron chi connectivity index (χ1n) is 8.86. The summed E-state index contributed by atoms with van der Waals surface area (Å²) in [5.74, 6) is -0.816. The van der Waals surface area contributed by atoms with E-state index in [1.165, 1.54) is 40.9 Å². The van der Waals surface area contributed by atoms with E-state index in [1.54, 1.807) is 0 Å². The van der Waals surface area contributed by atoms with Crippen molar-refractivity contribution in [1.29, 1.82) is 0 Å². The summed E-state index contributed by atoms with van der Waals surface area (Å²) in [5.41, 5.74) is 0.531. The maximum Gasteiger partial charge on any atom is 0.261 e. The lowest BCUT2D eigenvalue weighted by Gasteiger charge is -2.12. The monoisotopic (exact) mass is 405 g/mol. The van der Waals surface area contributed by atoms with Gasteiger partial charge in [-0.15, -0.1) is 0 Å². The Morgan fingerprint density at radius 1 is 1.03 bits per heavy atom. The van der Waals surface area contributed by atoms with Crippen molar-refractivity contribution < 1.29 is 9.18 Å². The number of para-hydroxylation sites is 1. The zero-order valence-electron chi connectivity index (χ0n) is 15.2. The van der Waals surface area contributed by atoms with E-state index in [0.717, 1.165) is 9.79 Å². The van der Waals surface area contributed by atoms with Gasteiger partial charge in [-0.3, -0.25) is 14.2 Å². The summed E-state index contributed by atoms with van der Waals surface area (Å²) in [7, 11) is 0. The fourth-order valence-corrected chi connectivity index (χ4v) is 3.79. The Kier molecular flexibility index (Phi) is 5.39. The molecule has 5 nitrogen and oxygen atoms in total. The lowest BCUT2D eigenvalue weighted by atomic mass is 10.2. The first-order chi connectivity index (χ1) is 14.1. The second-order valence-corrected chi connectivity index (χ2v) is 7.41. The minimum Gasteiger partial charge on any atom is -0.323 e. The van der Waals surface area contributed by atoms with Gasteiger partial charge in [0.2, 0.25) is 5.91 Å². The van der Waals surface area contributed by atoms with E-state index in [0.29, 0.717) is 5.69 Å². The predicted molar refractivity (Wildman–Crippen MR) is 112 cm³/mol. The van der Waals surface area contributed by atoms with Crippen molar-refractivity contribution in [2.45, 2.75) is 16.3 Å². The van der Waals surface area contributed by atoms with Crippen LogP contribution in [0.25, 0.3) is 10.9 Å². The van der Waals surface area contributed by atoms with Crippen LogP contribution in [0.3, 0.4) is 0 Å². The van der Waals surface area contributed by atoms with Crippen molar-refractivity contribution >= 4 is 34.3 Å². The minimum atomic E-state index is -0.465. The molecule has 0 unspecified atom stereocenters. The number of nitrogens with zero attached hydrogens (tertiary/aromatic N) is 2. The van der Waals surface area contributed by atoms with E-state index in [2.05, 4.69) is 10.3 Å². The van der Waals surface area contributed by atoms with Crippen LogP contribution in [-0.4, -0.2) is 15.5 Å². The molecule has 3 aromatic carbocycles. The molecule has 1 N–H and O–H groups in total. The Bertz CT molecular complexity index is 1240. The van der Waals surface area contributed by atoms with E-state index in [1.807, 2.05) is 54.6 Å². The quantitative estimate of drug-likeness (QED) is 0.537. The molecule has 4 rings (SSSR count). The summed E-state index contributed by atoms with van der Waals surface area (Å²) in [6.07, 6.45) is 1.26. The average Bonchev–Trinajstić information content (AvgIpc) is 2.72. The number of rotatable bonds is 5. The highest BCUT2D eigenvalue weighted by Gasteiger charge is 2.11. The molecule has 29 heavy (non-hydrogen) atoms. The number of carbonyl (C=O) groups is 1. The summed E-state index contributed by atoms with van der Waals surface area (Å²) >= 11 is 1.54. The third-order valence-electron chi connectivity index (χ3n) is 4.23. The zero-order chi connectivity index (χ0) is 20.2. The fourth-order valence-electron chi connectivity index (χ4n) is 2.86. The van der Waals surface area contributed by atoms with E-state index in [-0.39, 0.29) is 23.4 Å². The average molecular weight is 405 g/mol. The van der Waals surface area contributed by atoms with E-state index >= 15 is 0 Å². The summed E-state index contributed by atoms with van der Waals surface area (Å²) in [5, 5.41) is 3.12. The number of amides is 1. The molecule has 0 fully saturated rings. The molecular weight excluding hydrogens is 389 g/mol. The SMILES string of the molecule is O=C(Cn1cnc2cc(F)ccc2c1=O)Nc1ccccc1Sc1ccccc1. The normalized spacial score (nSPS) is 10.8. The molecule has 0 radical (unpaired) electrons. The molecule has 0 saturated carbocycles. The van der Waals surface area contributed by atoms with Crippen LogP contribution in [0.1, 0.15) is 0 Å². The third-order valence-corrected chi connectivity index (χ3v) is 5.32. The van der Waals surface area contributed by atoms with Gasteiger partial charge in [0.1, 0.15) is 12.4 Å². The van der Waals surface area contributed by atoms with Crippen LogP contribution in [0.15, 0.2) is 93.7 Å². The molecule has 0 aliphatic carbocycles. The van der Waals surface area contributed by atoms with Crippen molar-refractivity contribution in [2.24, 2.45) is 0 Å². The molecule has 0 aliphatic rings. The molecule has 7 heteroatoms. The molecule has 1 aromatic heterocycles. The largest absolute Gasteiger partial charge is 0.323 e. The van der Waals surface area contributed by atoms with Crippen LogP contribution >= 0.6 is 11.8 Å². The second kappa shape index (κ2) is 8.28. The second-order valence-electron chi connectivity index (χ2n) is 6.30. The number of nitrogens with one attached hydrogen (secondary N) is 1. The number of benzene rings is 3. The van der Waals surface area contributed by atoms with Gasteiger partial charge in [0.15, 0.2) is 0 Å². The molecule has 0 aliphatic heterocycles. The molecule has 4 aromatic rings. The van der Waals surface area contributed by atoms with Gasteiger partial charge < -0.3 is 5.32 Å². The first kappa shape index (κ1) is 18.9. The summed E-state index contributed by atoms with van der Waals surface area (Å²) in [6.45, 7) is -0.191. The van der Waals surface area contributed by atoms with E-state index in [9.17, 15) is 14.0 Å². The number of hydrogen-bond acceptors (Lipinski definition) is 4. The highest BCUT2D eigenvalue weighted by molar-refractivity contribution is 7.99. The summed E-state index contributed by atoms with van der Waals surface area (Å²) < 4.78 is 14.5. The molecule has 0 bridgehead atoms. The Morgan fingerprint density at radius 2 is 1.79 bits per heavy atom. The minimum absolute atomic E-state index is 0.191. The van der Waals surface area contributed by atoms with Gasteiger partial charge >= 0.3 is 0 Å². The van der Waals surface area contributed by atoms with Crippen LogP contribution in [0.2, 0.25) is 0 Å². The Morgan fingerprint density at radius 3 is 2.62 bits per heavy atom.